The van der Waals surface area contributed by atoms with Crippen LogP contribution in [-0.2, 0) is 9.53 Å². The van der Waals surface area contributed by atoms with Crippen LogP contribution < -0.4 is 14.4 Å². The average molecular weight is 330 g/mol. The van der Waals surface area contributed by atoms with E-state index in [0.717, 1.165) is 12.8 Å². The third kappa shape index (κ3) is 3.98. The van der Waals surface area contributed by atoms with Crippen molar-refractivity contribution >= 4 is 11.6 Å². The summed E-state index contributed by atoms with van der Waals surface area (Å²) >= 11 is 0. The molecule has 1 aromatic carbocycles. The molecule has 0 aromatic heterocycles. The highest BCUT2D eigenvalue weighted by atomic mass is 16.6. The molecule has 1 aromatic rings. The van der Waals surface area contributed by atoms with Gasteiger partial charge in [-0.15, -0.1) is 0 Å². The van der Waals surface area contributed by atoms with Crippen molar-refractivity contribution in [1.29, 1.82) is 5.26 Å². The molecule has 0 spiro atoms. The Morgan fingerprint density at radius 3 is 2.75 bits per heavy atom. The molecule has 0 unspecified atom stereocenters. The fourth-order valence-electron chi connectivity index (χ4n) is 3.08. The molecule has 6 heteroatoms. The van der Waals surface area contributed by atoms with Gasteiger partial charge < -0.3 is 19.1 Å². The van der Waals surface area contributed by atoms with Crippen molar-refractivity contribution in [2.75, 3.05) is 31.3 Å². The number of fused-ring (bicyclic) bond motifs is 1. The minimum atomic E-state index is -0.131. The largest absolute Gasteiger partial charge is 0.486 e. The smallest absolute Gasteiger partial charge is 0.253 e. The van der Waals surface area contributed by atoms with E-state index in [-0.39, 0.29) is 25.0 Å². The second-order valence-electron chi connectivity index (χ2n) is 6.00. The molecule has 1 fully saturated rings. The molecule has 0 saturated heterocycles. The summed E-state index contributed by atoms with van der Waals surface area (Å²) in [5.41, 5.74) is 0.703. The van der Waals surface area contributed by atoms with Gasteiger partial charge in [0.05, 0.1) is 18.6 Å². The molecule has 1 aliphatic heterocycles. The number of amides is 1. The molecule has 6 nitrogen and oxygen atoms in total. The molecule has 1 heterocycles. The summed E-state index contributed by atoms with van der Waals surface area (Å²) in [6.45, 7) is 1.40. The third-order valence-corrected chi connectivity index (χ3v) is 4.33. The van der Waals surface area contributed by atoms with Crippen molar-refractivity contribution in [2.24, 2.45) is 0 Å². The van der Waals surface area contributed by atoms with Crippen molar-refractivity contribution in [3.8, 4) is 17.6 Å². The Morgan fingerprint density at radius 1 is 1.25 bits per heavy atom. The predicted molar refractivity (Wildman–Crippen MR) is 88.2 cm³/mol. The summed E-state index contributed by atoms with van der Waals surface area (Å²) in [4.78, 5) is 14.2. The lowest BCUT2D eigenvalue weighted by Gasteiger charge is -2.25. The Balaban J connectivity index is 1.70. The van der Waals surface area contributed by atoms with Crippen molar-refractivity contribution in [2.45, 2.75) is 38.2 Å². The van der Waals surface area contributed by atoms with Gasteiger partial charge in [-0.05, 0) is 25.0 Å². The minimum absolute atomic E-state index is 0.0462. The molecule has 1 saturated carbocycles. The number of ether oxygens (including phenoxy) is 3. The van der Waals surface area contributed by atoms with Gasteiger partial charge in [-0.2, -0.15) is 5.26 Å². The number of benzene rings is 1. The van der Waals surface area contributed by atoms with Gasteiger partial charge in [-0.1, -0.05) is 12.8 Å². The highest BCUT2D eigenvalue weighted by Gasteiger charge is 2.22. The van der Waals surface area contributed by atoms with E-state index in [1.165, 1.54) is 12.8 Å². The molecule has 1 aliphatic carbocycles. The Kier molecular flexibility index (Phi) is 5.55. The molecule has 2 aliphatic rings. The van der Waals surface area contributed by atoms with Crippen LogP contribution >= 0.6 is 0 Å². The SMILES string of the molecule is N#CCCN(C(=O)COC1CCCC1)c1ccc2c(c1)OCCO2. The number of hydrogen-bond donors (Lipinski definition) is 0. The highest BCUT2D eigenvalue weighted by Crippen LogP contribution is 2.34. The Hall–Kier alpha value is -2.26. The lowest BCUT2D eigenvalue weighted by Crippen LogP contribution is -2.36. The van der Waals surface area contributed by atoms with Crippen molar-refractivity contribution in [1.82, 2.24) is 0 Å². The summed E-state index contributed by atoms with van der Waals surface area (Å²) in [5, 5.41) is 8.87. The maximum absolute atomic E-state index is 12.6. The van der Waals surface area contributed by atoms with Crippen molar-refractivity contribution < 1.29 is 19.0 Å². The van der Waals surface area contributed by atoms with Gasteiger partial charge in [0.25, 0.3) is 5.91 Å². The Morgan fingerprint density at radius 2 is 2.00 bits per heavy atom. The van der Waals surface area contributed by atoms with Crippen LogP contribution in [0.5, 0.6) is 11.5 Å². The Bertz CT molecular complexity index is 620. The molecule has 128 valence electrons. The zero-order chi connectivity index (χ0) is 16.8. The summed E-state index contributed by atoms with van der Waals surface area (Å²) in [6.07, 6.45) is 4.83. The van der Waals surface area contributed by atoms with Gasteiger partial charge in [-0.3, -0.25) is 4.79 Å². The van der Waals surface area contributed by atoms with Gasteiger partial charge in [0.1, 0.15) is 19.8 Å². The van der Waals surface area contributed by atoms with Crippen LogP contribution in [0.15, 0.2) is 18.2 Å². The lowest BCUT2D eigenvalue weighted by molar-refractivity contribution is -0.125. The summed E-state index contributed by atoms with van der Waals surface area (Å²) in [6, 6.07) is 7.50. The Labute approximate surface area is 141 Å². The summed E-state index contributed by atoms with van der Waals surface area (Å²) in [7, 11) is 0. The first-order valence-corrected chi connectivity index (χ1v) is 8.46. The van der Waals surface area contributed by atoms with Crippen LogP contribution in [0.2, 0.25) is 0 Å². The van der Waals surface area contributed by atoms with E-state index < -0.39 is 0 Å². The topological polar surface area (TPSA) is 71.8 Å². The molecule has 3 rings (SSSR count). The van der Waals surface area contributed by atoms with Crippen molar-refractivity contribution in [3.05, 3.63) is 18.2 Å². The second kappa shape index (κ2) is 8.02. The van der Waals surface area contributed by atoms with Crippen LogP contribution in [0.1, 0.15) is 32.1 Å². The van der Waals surface area contributed by atoms with E-state index >= 15 is 0 Å². The number of anilines is 1. The van der Waals surface area contributed by atoms with E-state index in [9.17, 15) is 4.79 Å². The predicted octanol–water partition coefficient (Wildman–Crippen LogP) is 2.66. The van der Waals surface area contributed by atoms with Gasteiger partial charge >= 0.3 is 0 Å². The first-order valence-electron chi connectivity index (χ1n) is 8.46. The van der Waals surface area contributed by atoms with Crippen LogP contribution in [0, 0.1) is 11.3 Å². The fourth-order valence-corrected chi connectivity index (χ4v) is 3.08. The highest BCUT2D eigenvalue weighted by molar-refractivity contribution is 5.94. The van der Waals surface area contributed by atoms with E-state index in [0.29, 0.717) is 36.9 Å². The maximum Gasteiger partial charge on any atom is 0.253 e. The number of nitrogens with zero attached hydrogens (tertiary/aromatic N) is 2. The van der Waals surface area contributed by atoms with E-state index in [2.05, 4.69) is 6.07 Å². The molecule has 0 bridgehead atoms. The number of hydrogen-bond acceptors (Lipinski definition) is 5. The zero-order valence-corrected chi connectivity index (χ0v) is 13.7. The van der Waals surface area contributed by atoms with Crippen LogP contribution in [0.25, 0.3) is 0 Å². The molecule has 24 heavy (non-hydrogen) atoms. The van der Waals surface area contributed by atoms with Crippen LogP contribution in [0.3, 0.4) is 0 Å². The van der Waals surface area contributed by atoms with Crippen molar-refractivity contribution in [3.63, 3.8) is 0 Å². The van der Waals surface area contributed by atoms with E-state index in [1.54, 1.807) is 17.0 Å². The van der Waals surface area contributed by atoms with Gasteiger partial charge in [0, 0.05) is 18.3 Å². The number of nitriles is 1. The number of carbonyl (C=O) groups is 1. The summed E-state index contributed by atoms with van der Waals surface area (Å²) < 4.78 is 16.8. The first-order chi connectivity index (χ1) is 11.8. The maximum atomic E-state index is 12.6. The molecule has 0 radical (unpaired) electrons. The first kappa shape index (κ1) is 16.6. The van der Waals surface area contributed by atoms with Gasteiger partial charge in [0.2, 0.25) is 0 Å². The molecule has 0 atom stereocenters. The standard InChI is InChI=1S/C18H22N2O4/c19-8-3-9-20(18(21)13-24-15-4-1-2-5-15)14-6-7-16-17(12-14)23-11-10-22-16/h6-7,12,15H,1-5,9-11,13H2. The number of rotatable bonds is 6. The average Bonchev–Trinajstić information content (AvgIpc) is 3.13. The molecule has 0 N–H and O–H groups in total. The monoisotopic (exact) mass is 330 g/mol. The lowest BCUT2D eigenvalue weighted by atomic mass is 10.2. The minimum Gasteiger partial charge on any atom is -0.486 e. The van der Waals surface area contributed by atoms with Gasteiger partial charge in [-0.25, -0.2) is 0 Å². The summed E-state index contributed by atoms with van der Waals surface area (Å²) in [5.74, 6) is 1.18. The third-order valence-electron chi connectivity index (χ3n) is 4.33. The second-order valence-corrected chi connectivity index (χ2v) is 6.00. The normalized spacial score (nSPS) is 16.6. The number of carbonyl (C=O) groups excluding carboxylic acids is 1. The quantitative estimate of drug-likeness (QED) is 0.802. The van der Waals surface area contributed by atoms with Crippen LogP contribution in [0.4, 0.5) is 5.69 Å². The molecular formula is C18H22N2O4. The molecule has 1 amide bonds. The zero-order valence-electron chi connectivity index (χ0n) is 13.7. The van der Waals surface area contributed by atoms with Crippen LogP contribution in [-0.4, -0.2) is 38.4 Å². The molecular weight excluding hydrogens is 308 g/mol. The fraction of sp³-hybridized carbons (Fsp3) is 0.556. The van der Waals surface area contributed by atoms with E-state index in [4.69, 9.17) is 19.5 Å². The van der Waals surface area contributed by atoms with E-state index in [1.807, 2.05) is 6.07 Å². The van der Waals surface area contributed by atoms with Gasteiger partial charge in [0.15, 0.2) is 11.5 Å².